The van der Waals surface area contributed by atoms with Gasteiger partial charge in [-0.3, -0.25) is 9.59 Å². The molecule has 1 heterocycles. The van der Waals surface area contributed by atoms with Gasteiger partial charge in [-0.25, -0.2) is 12.7 Å². The van der Waals surface area contributed by atoms with Crippen LogP contribution in [0.1, 0.15) is 27.9 Å². The summed E-state index contributed by atoms with van der Waals surface area (Å²) in [6, 6.07) is 5.19. The molecule has 3 rings (SSSR count). The highest BCUT2D eigenvalue weighted by Crippen LogP contribution is 2.37. The molecule has 6 nitrogen and oxygen atoms in total. The topological polar surface area (TPSA) is 83.6 Å². The van der Waals surface area contributed by atoms with E-state index in [1.807, 2.05) is 5.32 Å². The Bertz CT molecular complexity index is 1130. The summed E-state index contributed by atoms with van der Waals surface area (Å²) in [5.74, 6) is -2.25. The third-order valence-electron chi connectivity index (χ3n) is 4.27. The second kappa shape index (κ2) is 7.55. The maximum Gasteiger partial charge on any atom is 0.416 e. The van der Waals surface area contributed by atoms with E-state index < -0.39 is 56.8 Å². The zero-order valence-corrected chi connectivity index (χ0v) is 16.0. The molecule has 0 unspecified atom stereocenters. The normalized spacial score (nSPS) is 16.5. The average Bonchev–Trinajstić information content (AvgIpc) is 2.92. The van der Waals surface area contributed by atoms with Gasteiger partial charge in [0.1, 0.15) is 0 Å². The molecule has 1 fully saturated rings. The van der Waals surface area contributed by atoms with Crippen LogP contribution in [0, 0.1) is 0 Å². The zero-order valence-electron chi connectivity index (χ0n) is 15.2. The number of rotatable bonds is 3. The molecular formula is C18H12F6N2O4S. The van der Waals surface area contributed by atoms with Crippen LogP contribution in [-0.2, 0) is 27.2 Å². The summed E-state index contributed by atoms with van der Waals surface area (Å²) >= 11 is 0. The van der Waals surface area contributed by atoms with Crippen molar-refractivity contribution in [1.82, 2.24) is 0 Å². The van der Waals surface area contributed by atoms with E-state index >= 15 is 0 Å². The predicted molar refractivity (Wildman–Crippen MR) is 96.7 cm³/mol. The molecule has 13 heteroatoms. The number of sulfonamides is 1. The van der Waals surface area contributed by atoms with Crippen LogP contribution in [0.2, 0.25) is 0 Å². The summed E-state index contributed by atoms with van der Waals surface area (Å²) in [5, 5.41) is 1.94. The summed E-state index contributed by atoms with van der Waals surface area (Å²) in [6.07, 6.45) is -10.4. The number of carbonyl (C=O) groups excluding carboxylic acids is 2. The van der Waals surface area contributed by atoms with Crippen LogP contribution in [0.15, 0.2) is 42.5 Å². The fourth-order valence-corrected chi connectivity index (χ4v) is 4.32. The van der Waals surface area contributed by atoms with E-state index in [4.69, 9.17) is 0 Å². The molecule has 2 aromatic carbocycles. The maximum atomic E-state index is 13.0. The van der Waals surface area contributed by atoms with Gasteiger partial charge in [0.2, 0.25) is 15.9 Å². The van der Waals surface area contributed by atoms with Crippen LogP contribution in [0.5, 0.6) is 0 Å². The van der Waals surface area contributed by atoms with Crippen molar-refractivity contribution in [2.45, 2.75) is 18.8 Å². The Balaban J connectivity index is 1.95. The van der Waals surface area contributed by atoms with Crippen molar-refractivity contribution in [3.05, 3.63) is 59.2 Å². The smallest absolute Gasteiger partial charge is 0.322 e. The fraction of sp³-hybridized carbons (Fsp3) is 0.222. The monoisotopic (exact) mass is 466 g/mol. The lowest BCUT2D eigenvalue weighted by Gasteiger charge is -2.16. The molecule has 0 bridgehead atoms. The van der Waals surface area contributed by atoms with Crippen molar-refractivity contribution in [2.75, 3.05) is 15.4 Å². The first kappa shape index (κ1) is 22.6. The summed E-state index contributed by atoms with van der Waals surface area (Å²) in [6.45, 7) is 0. The lowest BCUT2D eigenvalue weighted by Crippen LogP contribution is -2.29. The summed E-state index contributed by atoms with van der Waals surface area (Å²) in [4.78, 5) is 24.3. The van der Waals surface area contributed by atoms with Gasteiger partial charge in [0.15, 0.2) is 0 Å². The van der Waals surface area contributed by atoms with Gasteiger partial charge in [0, 0.05) is 17.7 Å². The molecule has 1 aliphatic heterocycles. The van der Waals surface area contributed by atoms with Gasteiger partial charge in [-0.1, -0.05) is 6.07 Å². The first-order valence-electron chi connectivity index (χ1n) is 8.45. The second-order valence-electron chi connectivity index (χ2n) is 6.52. The number of benzene rings is 2. The number of halogens is 6. The lowest BCUT2D eigenvalue weighted by atomic mass is 10.1. The van der Waals surface area contributed by atoms with Crippen LogP contribution < -0.4 is 9.62 Å². The highest BCUT2D eigenvalue weighted by atomic mass is 32.2. The molecule has 31 heavy (non-hydrogen) atoms. The minimum absolute atomic E-state index is 0.0832. The highest BCUT2D eigenvalue weighted by molar-refractivity contribution is 7.94. The van der Waals surface area contributed by atoms with Crippen LogP contribution in [0.3, 0.4) is 0 Å². The molecule has 1 N–H and O–H groups in total. The standard InChI is InChI=1S/C18H12F6N2O4S/c19-17(20,21)11-7-12(18(22,23)24)9-13(8-11)25-16(28)10-2-1-3-14(6-10)26-15(27)4-5-31(26,29)30/h1-3,6-9H,4-5H2,(H,25,28). The van der Waals surface area contributed by atoms with E-state index in [-0.39, 0.29) is 23.7 Å². The highest BCUT2D eigenvalue weighted by Gasteiger charge is 2.38. The molecule has 1 aliphatic rings. The van der Waals surface area contributed by atoms with Gasteiger partial charge in [-0.2, -0.15) is 26.3 Å². The van der Waals surface area contributed by atoms with E-state index in [0.717, 1.165) is 12.1 Å². The number of amides is 2. The van der Waals surface area contributed by atoms with Crippen LogP contribution in [-0.4, -0.2) is 26.0 Å². The van der Waals surface area contributed by atoms with Gasteiger partial charge in [0.05, 0.1) is 22.6 Å². The number of nitrogens with one attached hydrogen (secondary N) is 1. The van der Waals surface area contributed by atoms with Crippen LogP contribution in [0.4, 0.5) is 37.7 Å². The van der Waals surface area contributed by atoms with Crippen molar-refractivity contribution >= 4 is 33.2 Å². The Morgan fingerprint density at radius 2 is 1.52 bits per heavy atom. The molecule has 2 aromatic rings. The largest absolute Gasteiger partial charge is 0.416 e. The Labute approximate surface area is 171 Å². The molecule has 0 aromatic heterocycles. The van der Waals surface area contributed by atoms with E-state index in [2.05, 4.69) is 0 Å². The minimum atomic E-state index is -5.09. The quantitative estimate of drug-likeness (QED) is 0.693. The van der Waals surface area contributed by atoms with Gasteiger partial charge in [0.25, 0.3) is 5.91 Å². The molecule has 0 saturated carbocycles. The van der Waals surface area contributed by atoms with Crippen molar-refractivity contribution < 1.29 is 44.3 Å². The summed E-state index contributed by atoms with van der Waals surface area (Å²) in [5.41, 5.74) is -4.43. The van der Waals surface area contributed by atoms with Crippen molar-refractivity contribution in [2.24, 2.45) is 0 Å². The minimum Gasteiger partial charge on any atom is -0.322 e. The fourth-order valence-electron chi connectivity index (χ4n) is 2.87. The van der Waals surface area contributed by atoms with Gasteiger partial charge < -0.3 is 5.32 Å². The second-order valence-corrected chi connectivity index (χ2v) is 8.46. The van der Waals surface area contributed by atoms with Crippen molar-refractivity contribution in [3.8, 4) is 0 Å². The van der Waals surface area contributed by atoms with E-state index in [9.17, 15) is 44.3 Å². The zero-order chi connectivity index (χ0) is 23.2. The van der Waals surface area contributed by atoms with Gasteiger partial charge in [-0.05, 0) is 36.4 Å². The first-order chi connectivity index (χ1) is 14.2. The number of hydrogen-bond donors (Lipinski definition) is 1. The maximum absolute atomic E-state index is 13.0. The van der Waals surface area contributed by atoms with Crippen molar-refractivity contribution in [3.63, 3.8) is 0 Å². The van der Waals surface area contributed by atoms with E-state index in [0.29, 0.717) is 16.4 Å². The predicted octanol–water partition coefficient (Wildman–Crippen LogP) is 4.04. The number of anilines is 2. The molecule has 0 atom stereocenters. The van der Waals surface area contributed by atoms with E-state index in [1.54, 1.807) is 0 Å². The molecule has 0 aliphatic carbocycles. The Hall–Kier alpha value is -3.09. The third kappa shape index (κ3) is 4.81. The Morgan fingerprint density at radius 3 is 2.00 bits per heavy atom. The van der Waals surface area contributed by atoms with Gasteiger partial charge >= 0.3 is 12.4 Å². The number of carbonyl (C=O) groups is 2. The van der Waals surface area contributed by atoms with Crippen molar-refractivity contribution in [1.29, 1.82) is 0 Å². The van der Waals surface area contributed by atoms with Crippen LogP contribution >= 0.6 is 0 Å². The molecular weight excluding hydrogens is 454 g/mol. The molecule has 2 amide bonds. The average molecular weight is 466 g/mol. The Kier molecular flexibility index (Phi) is 5.50. The number of nitrogens with zero attached hydrogens (tertiary/aromatic N) is 1. The third-order valence-corrected chi connectivity index (χ3v) is 5.96. The number of alkyl halides is 6. The number of hydrogen-bond acceptors (Lipinski definition) is 4. The first-order valence-corrected chi connectivity index (χ1v) is 10.1. The SMILES string of the molecule is O=C(Nc1cc(C(F)(F)F)cc(C(F)(F)F)c1)c1cccc(N2C(=O)CCS2(=O)=O)c1. The molecule has 0 radical (unpaired) electrons. The summed E-state index contributed by atoms with van der Waals surface area (Å²) < 4.78 is 102. The molecule has 166 valence electrons. The van der Waals surface area contributed by atoms with E-state index in [1.165, 1.54) is 12.1 Å². The van der Waals surface area contributed by atoms with Gasteiger partial charge in [-0.15, -0.1) is 0 Å². The van der Waals surface area contributed by atoms with Crippen LogP contribution in [0.25, 0.3) is 0 Å². The Morgan fingerprint density at radius 1 is 0.935 bits per heavy atom. The molecule has 0 spiro atoms. The summed E-state index contributed by atoms with van der Waals surface area (Å²) in [7, 11) is -3.93. The molecule has 1 saturated heterocycles. The lowest BCUT2D eigenvalue weighted by molar-refractivity contribution is -0.143.